The average molecular weight is 300 g/mol. The number of benzene rings is 1. The van der Waals surface area contributed by atoms with Crippen LogP contribution >= 0.6 is 0 Å². The molecule has 0 aliphatic carbocycles. The summed E-state index contributed by atoms with van der Waals surface area (Å²) in [5.74, 6) is -1.77. The van der Waals surface area contributed by atoms with Crippen molar-refractivity contribution in [3.05, 3.63) is 53.4 Å². The van der Waals surface area contributed by atoms with Crippen molar-refractivity contribution >= 4 is 28.8 Å². The monoisotopic (exact) mass is 300 g/mol. The summed E-state index contributed by atoms with van der Waals surface area (Å²) in [6, 6.07) is 6.56. The molecule has 0 aliphatic rings. The number of hydrogen-bond donors (Lipinski definition) is 3. The molecule has 0 radical (unpaired) electrons. The molecule has 1 aromatic carbocycles. The molecule has 2 rings (SSSR count). The number of nitrogen functional groups attached to an aromatic ring is 1. The predicted octanol–water partition coefficient (Wildman–Crippen LogP) is 2.99. The van der Waals surface area contributed by atoms with Crippen molar-refractivity contribution in [3.63, 3.8) is 0 Å². The molecule has 0 saturated carbocycles. The van der Waals surface area contributed by atoms with Crippen LogP contribution in [0.5, 0.6) is 0 Å². The number of halogens is 1. The Morgan fingerprint density at radius 1 is 1.32 bits per heavy atom. The lowest BCUT2D eigenvalue weighted by Gasteiger charge is -2.13. The Morgan fingerprint density at radius 3 is 2.59 bits per heavy atom. The van der Waals surface area contributed by atoms with Crippen LogP contribution in [0.4, 0.5) is 21.7 Å². The number of hydrogen-bond acceptors (Lipinski definition) is 4. The van der Waals surface area contributed by atoms with E-state index < -0.39 is 11.7 Å². The Kier molecular flexibility index (Phi) is 4.12. The number of aromatic nitrogens is 1. The largest absolute Gasteiger partial charge is 0.381 e. The predicted molar refractivity (Wildman–Crippen MR) is 86.3 cm³/mol. The van der Waals surface area contributed by atoms with Gasteiger partial charge in [-0.2, -0.15) is 0 Å². The van der Waals surface area contributed by atoms with Crippen LogP contribution in [0.2, 0.25) is 0 Å². The fraction of sp³-hybridized carbons (Fsp3) is 0.125. The van der Waals surface area contributed by atoms with Crippen LogP contribution in [0.15, 0.2) is 30.8 Å². The standard InChI is InChI=1S/C16H17FN4O/c1-8(2)11-6-10(5-4-9(11)3)20-16-12(15(19)22)7-13(17)14(18)21-16/h4-7H,1H2,2-3H3,(H2,19,22)(H3,18,20,21). The summed E-state index contributed by atoms with van der Waals surface area (Å²) < 4.78 is 13.4. The third kappa shape index (κ3) is 3.06. The lowest BCUT2D eigenvalue weighted by Crippen LogP contribution is -2.16. The van der Waals surface area contributed by atoms with Crippen LogP contribution in [0.1, 0.15) is 28.4 Å². The number of nitrogens with two attached hydrogens (primary N) is 2. The molecule has 1 heterocycles. The van der Waals surface area contributed by atoms with E-state index in [1.165, 1.54) is 0 Å². The third-order valence-corrected chi connectivity index (χ3v) is 3.23. The molecule has 114 valence electrons. The van der Waals surface area contributed by atoms with Crippen molar-refractivity contribution in [3.8, 4) is 0 Å². The molecule has 5 N–H and O–H groups in total. The summed E-state index contributed by atoms with van der Waals surface area (Å²) in [5, 5.41) is 2.94. The summed E-state index contributed by atoms with van der Waals surface area (Å²) in [6.07, 6.45) is 0. The van der Waals surface area contributed by atoms with Gasteiger partial charge in [0.1, 0.15) is 5.82 Å². The van der Waals surface area contributed by atoms with Gasteiger partial charge in [0, 0.05) is 5.69 Å². The van der Waals surface area contributed by atoms with E-state index in [1.54, 1.807) is 0 Å². The van der Waals surface area contributed by atoms with E-state index >= 15 is 0 Å². The molecule has 1 amide bonds. The molecule has 0 saturated heterocycles. The zero-order valence-electron chi connectivity index (χ0n) is 12.4. The number of amides is 1. The fourth-order valence-electron chi connectivity index (χ4n) is 2.08. The molecule has 2 aromatic rings. The zero-order chi connectivity index (χ0) is 16.4. The molecular formula is C16H17FN4O. The normalized spacial score (nSPS) is 10.3. The van der Waals surface area contributed by atoms with Crippen molar-refractivity contribution in [1.29, 1.82) is 0 Å². The highest BCUT2D eigenvalue weighted by molar-refractivity contribution is 5.98. The van der Waals surface area contributed by atoms with Gasteiger partial charge in [0.25, 0.3) is 5.91 Å². The first kappa shape index (κ1) is 15.5. The highest BCUT2D eigenvalue weighted by Gasteiger charge is 2.15. The maximum Gasteiger partial charge on any atom is 0.252 e. The van der Waals surface area contributed by atoms with Crippen molar-refractivity contribution < 1.29 is 9.18 Å². The number of primary amides is 1. The zero-order valence-corrected chi connectivity index (χ0v) is 12.4. The highest BCUT2D eigenvalue weighted by atomic mass is 19.1. The SMILES string of the molecule is C=C(C)c1cc(Nc2nc(N)c(F)cc2C(N)=O)ccc1C. The van der Waals surface area contributed by atoms with Crippen LogP contribution in [-0.4, -0.2) is 10.9 Å². The number of aryl methyl sites for hydroxylation is 1. The minimum Gasteiger partial charge on any atom is -0.381 e. The number of carbonyl (C=O) groups excluding carboxylic acids is 1. The summed E-state index contributed by atoms with van der Waals surface area (Å²) in [7, 11) is 0. The van der Waals surface area contributed by atoms with Crippen LogP contribution in [-0.2, 0) is 0 Å². The molecule has 1 aromatic heterocycles. The fourth-order valence-corrected chi connectivity index (χ4v) is 2.08. The number of allylic oxidation sites excluding steroid dienone is 1. The second kappa shape index (κ2) is 5.85. The molecular weight excluding hydrogens is 283 g/mol. The number of nitrogens with one attached hydrogen (secondary N) is 1. The number of nitrogens with zero attached hydrogens (tertiary/aromatic N) is 1. The van der Waals surface area contributed by atoms with Crippen LogP contribution < -0.4 is 16.8 Å². The lowest BCUT2D eigenvalue weighted by molar-refractivity contribution is 0.100. The van der Waals surface area contributed by atoms with Crippen molar-refractivity contribution in [2.75, 3.05) is 11.1 Å². The summed E-state index contributed by atoms with van der Waals surface area (Å²) in [6.45, 7) is 7.79. The molecule has 0 aliphatic heterocycles. The van der Waals surface area contributed by atoms with Gasteiger partial charge in [-0.1, -0.05) is 18.2 Å². The third-order valence-electron chi connectivity index (χ3n) is 3.23. The molecule has 0 spiro atoms. The van der Waals surface area contributed by atoms with Gasteiger partial charge >= 0.3 is 0 Å². The van der Waals surface area contributed by atoms with Gasteiger partial charge in [-0.25, -0.2) is 9.37 Å². The maximum atomic E-state index is 13.4. The Balaban J connectivity index is 2.47. The van der Waals surface area contributed by atoms with Crippen molar-refractivity contribution in [1.82, 2.24) is 4.98 Å². The molecule has 6 heteroatoms. The summed E-state index contributed by atoms with van der Waals surface area (Å²) in [5.41, 5.74) is 14.3. The van der Waals surface area contributed by atoms with Crippen LogP contribution in [0.25, 0.3) is 5.57 Å². The Bertz CT molecular complexity index is 771. The second-order valence-electron chi connectivity index (χ2n) is 5.05. The number of rotatable bonds is 4. The molecule has 0 bridgehead atoms. The van der Waals surface area contributed by atoms with E-state index in [-0.39, 0.29) is 17.2 Å². The lowest BCUT2D eigenvalue weighted by atomic mass is 10.0. The molecule has 0 unspecified atom stereocenters. The first-order chi connectivity index (χ1) is 10.3. The minimum atomic E-state index is -0.791. The smallest absolute Gasteiger partial charge is 0.252 e. The average Bonchev–Trinajstić information content (AvgIpc) is 2.44. The molecule has 5 nitrogen and oxygen atoms in total. The second-order valence-corrected chi connectivity index (χ2v) is 5.05. The van der Waals surface area contributed by atoms with E-state index in [0.29, 0.717) is 5.69 Å². The van der Waals surface area contributed by atoms with E-state index in [4.69, 9.17) is 11.5 Å². The van der Waals surface area contributed by atoms with Gasteiger partial charge in [-0.3, -0.25) is 4.79 Å². The van der Waals surface area contributed by atoms with Gasteiger partial charge in [0.2, 0.25) is 0 Å². The quantitative estimate of drug-likeness (QED) is 0.809. The summed E-state index contributed by atoms with van der Waals surface area (Å²) >= 11 is 0. The van der Waals surface area contributed by atoms with Crippen molar-refractivity contribution in [2.24, 2.45) is 5.73 Å². The Hall–Kier alpha value is -2.89. The first-order valence-electron chi connectivity index (χ1n) is 6.59. The topological polar surface area (TPSA) is 94.0 Å². The van der Waals surface area contributed by atoms with Gasteiger partial charge in [-0.05, 0) is 43.2 Å². The van der Waals surface area contributed by atoms with E-state index in [2.05, 4.69) is 16.9 Å². The Labute approximate surface area is 127 Å². The molecule has 22 heavy (non-hydrogen) atoms. The molecule has 0 fully saturated rings. The van der Waals surface area contributed by atoms with E-state index in [9.17, 15) is 9.18 Å². The summed E-state index contributed by atoms with van der Waals surface area (Å²) in [4.78, 5) is 15.3. The number of anilines is 3. The van der Waals surface area contributed by atoms with Gasteiger partial charge in [0.15, 0.2) is 11.6 Å². The molecule has 0 atom stereocenters. The van der Waals surface area contributed by atoms with E-state index in [0.717, 1.165) is 22.8 Å². The maximum absolute atomic E-state index is 13.4. The van der Waals surface area contributed by atoms with E-state index in [1.807, 2.05) is 32.0 Å². The number of carbonyl (C=O) groups is 1. The van der Waals surface area contributed by atoms with Gasteiger partial charge in [-0.15, -0.1) is 0 Å². The van der Waals surface area contributed by atoms with Crippen molar-refractivity contribution in [2.45, 2.75) is 13.8 Å². The Morgan fingerprint density at radius 2 is 2.00 bits per heavy atom. The van der Waals surface area contributed by atoms with Crippen LogP contribution in [0, 0.1) is 12.7 Å². The van der Waals surface area contributed by atoms with Crippen LogP contribution in [0.3, 0.4) is 0 Å². The minimum absolute atomic E-state index is 0.0656. The van der Waals surface area contributed by atoms with Gasteiger partial charge < -0.3 is 16.8 Å². The van der Waals surface area contributed by atoms with Gasteiger partial charge in [0.05, 0.1) is 5.56 Å². The highest BCUT2D eigenvalue weighted by Crippen LogP contribution is 2.26. The first-order valence-corrected chi connectivity index (χ1v) is 6.59. The number of pyridine rings is 1.